The highest BCUT2D eigenvalue weighted by Crippen LogP contribution is 2.18. The van der Waals surface area contributed by atoms with E-state index in [1.165, 1.54) is 0 Å². The summed E-state index contributed by atoms with van der Waals surface area (Å²) in [4.78, 5) is 0. The van der Waals surface area contributed by atoms with Gasteiger partial charge in [0, 0.05) is 0 Å². The van der Waals surface area contributed by atoms with Crippen LogP contribution in [0.25, 0.3) is 0 Å². The molecule has 0 aliphatic heterocycles. The van der Waals surface area contributed by atoms with Gasteiger partial charge in [0.15, 0.2) is 0 Å². The molecule has 0 aromatic carbocycles. The molecule has 1 rings (SSSR count). The van der Waals surface area contributed by atoms with E-state index in [-0.39, 0.29) is 0 Å². The molecule has 1 aliphatic rings. The molecule has 2 unspecified atom stereocenters. The van der Waals surface area contributed by atoms with E-state index in [9.17, 15) is 10.2 Å². The second kappa shape index (κ2) is 3.18. The lowest BCUT2D eigenvalue weighted by Gasteiger charge is -2.07. The van der Waals surface area contributed by atoms with Crippen LogP contribution in [0.15, 0.2) is 0 Å². The van der Waals surface area contributed by atoms with Gasteiger partial charge in [-0.15, -0.1) is 0 Å². The van der Waals surface area contributed by atoms with Gasteiger partial charge >= 0.3 is 0 Å². The Kier molecular flexibility index (Phi) is 2.49. The second-order valence-electron chi connectivity index (χ2n) is 2.71. The van der Waals surface area contributed by atoms with Crippen molar-refractivity contribution in [2.45, 2.75) is 44.3 Å². The predicted octanol–water partition coefficient (Wildman–Crippen LogP) is 1.55. The monoisotopic (exact) mass is 128 g/mol. The molecule has 2 heteroatoms. The Bertz CT molecular complexity index is 73.0. The minimum absolute atomic E-state index is 0.605. The van der Waals surface area contributed by atoms with Gasteiger partial charge in [0.25, 0.3) is 0 Å². The first-order valence-corrected chi connectivity index (χ1v) is 3.62. The Morgan fingerprint density at radius 2 is 1.22 bits per heavy atom. The molecule has 9 heavy (non-hydrogen) atoms. The molecule has 1 saturated carbocycles. The molecule has 2 nitrogen and oxygen atoms in total. The first-order valence-electron chi connectivity index (χ1n) is 3.62. The predicted molar refractivity (Wildman–Crippen MR) is 32.0 cm³/mol. The maximum absolute atomic E-state index is 10.8. The van der Waals surface area contributed by atoms with E-state index in [1.807, 2.05) is 0 Å². The van der Waals surface area contributed by atoms with E-state index in [2.05, 4.69) is 0 Å². The summed E-state index contributed by atoms with van der Waals surface area (Å²) in [5, 5.41) is 21.6. The zero-order chi connectivity index (χ0) is 6.69. The molecule has 0 aromatic rings. The normalized spacial score (nSPS) is 38.0. The third-order valence-corrected chi connectivity index (χ3v) is 1.89. The molecule has 2 radical (unpaired) electrons. The second-order valence-corrected chi connectivity index (χ2v) is 2.71. The van der Waals surface area contributed by atoms with Crippen molar-refractivity contribution < 1.29 is 10.2 Å². The van der Waals surface area contributed by atoms with Crippen LogP contribution in [-0.2, 0) is 10.2 Å². The van der Waals surface area contributed by atoms with E-state index in [0.717, 1.165) is 19.3 Å². The van der Waals surface area contributed by atoms with Crippen LogP contribution in [-0.4, -0.2) is 12.2 Å². The average Bonchev–Trinajstić information content (AvgIpc) is 1.99. The maximum Gasteiger partial charge on any atom is 0.122 e. The molecular formula is C7H12O2. The summed E-state index contributed by atoms with van der Waals surface area (Å²) in [7, 11) is 0. The van der Waals surface area contributed by atoms with Gasteiger partial charge in [-0.1, -0.05) is 19.3 Å². The Balaban J connectivity index is 2.32. The topological polar surface area (TPSA) is 39.8 Å². The summed E-state index contributed by atoms with van der Waals surface area (Å²) in [6.45, 7) is 0. The summed E-state index contributed by atoms with van der Waals surface area (Å²) >= 11 is 0. The van der Waals surface area contributed by atoms with Crippen LogP contribution in [0, 0.1) is 0 Å². The molecule has 52 valence electrons. The summed E-state index contributed by atoms with van der Waals surface area (Å²) in [6, 6.07) is 0. The highest BCUT2D eigenvalue weighted by molar-refractivity contribution is 4.70. The Labute approximate surface area is 55.5 Å². The standard InChI is InChI=1S/C7H12O2/c8-6-4-2-1-3-5-7(6)9/h6-7H,1-5H2. The lowest BCUT2D eigenvalue weighted by molar-refractivity contribution is -0.0623. The van der Waals surface area contributed by atoms with Crippen LogP contribution in [0.2, 0.25) is 0 Å². The molecule has 0 aromatic heterocycles. The molecule has 0 N–H and O–H groups in total. The van der Waals surface area contributed by atoms with Crippen molar-refractivity contribution in [3.05, 3.63) is 0 Å². The molecule has 0 spiro atoms. The SMILES string of the molecule is [O]C1CCCCCC1[O]. The van der Waals surface area contributed by atoms with Crippen molar-refractivity contribution in [1.29, 1.82) is 0 Å². The van der Waals surface area contributed by atoms with Crippen LogP contribution < -0.4 is 0 Å². The minimum Gasteiger partial charge on any atom is -0.230 e. The maximum atomic E-state index is 10.8. The first kappa shape index (κ1) is 7.03. The molecule has 1 fully saturated rings. The van der Waals surface area contributed by atoms with Crippen LogP contribution in [0.3, 0.4) is 0 Å². The molecular weight excluding hydrogens is 116 g/mol. The van der Waals surface area contributed by atoms with Crippen LogP contribution in [0.5, 0.6) is 0 Å². The summed E-state index contributed by atoms with van der Waals surface area (Å²) in [5.41, 5.74) is 0. The summed E-state index contributed by atoms with van der Waals surface area (Å²) in [5.74, 6) is 0. The van der Waals surface area contributed by atoms with Crippen molar-refractivity contribution in [1.82, 2.24) is 0 Å². The average molecular weight is 128 g/mol. The summed E-state index contributed by atoms with van der Waals surface area (Å²) in [6.07, 6.45) is 2.60. The fraction of sp³-hybridized carbons (Fsp3) is 1.00. The fourth-order valence-electron chi connectivity index (χ4n) is 1.24. The van der Waals surface area contributed by atoms with Gasteiger partial charge < -0.3 is 0 Å². The van der Waals surface area contributed by atoms with Gasteiger partial charge in [0.1, 0.15) is 12.2 Å². The highest BCUT2D eigenvalue weighted by atomic mass is 16.3. The zero-order valence-electron chi connectivity index (χ0n) is 5.51. The fourth-order valence-corrected chi connectivity index (χ4v) is 1.24. The van der Waals surface area contributed by atoms with Gasteiger partial charge in [0.2, 0.25) is 0 Å². The van der Waals surface area contributed by atoms with Gasteiger partial charge in [-0.05, 0) is 12.8 Å². The number of hydrogen-bond acceptors (Lipinski definition) is 0. The molecule has 0 saturated heterocycles. The van der Waals surface area contributed by atoms with Crippen molar-refractivity contribution in [3.63, 3.8) is 0 Å². The van der Waals surface area contributed by atoms with Crippen molar-refractivity contribution in [3.8, 4) is 0 Å². The highest BCUT2D eigenvalue weighted by Gasteiger charge is 2.21. The van der Waals surface area contributed by atoms with Gasteiger partial charge in [-0.2, -0.15) is 0 Å². The number of rotatable bonds is 0. The lowest BCUT2D eigenvalue weighted by Crippen LogP contribution is -2.20. The van der Waals surface area contributed by atoms with Crippen molar-refractivity contribution in [2.24, 2.45) is 0 Å². The van der Waals surface area contributed by atoms with Crippen molar-refractivity contribution >= 4 is 0 Å². The van der Waals surface area contributed by atoms with Gasteiger partial charge in [-0.25, -0.2) is 10.2 Å². The van der Waals surface area contributed by atoms with Crippen LogP contribution in [0.4, 0.5) is 0 Å². The smallest absolute Gasteiger partial charge is 0.122 e. The number of hydrogen-bond donors (Lipinski definition) is 0. The Morgan fingerprint density at radius 3 is 1.67 bits per heavy atom. The third kappa shape index (κ3) is 1.95. The lowest BCUT2D eigenvalue weighted by atomic mass is 10.1. The summed E-state index contributed by atoms with van der Waals surface area (Å²) < 4.78 is 0. The quantitative estimate of drug-likeness (QED) is 0.444. The molecule has 0 amide bonds. The molecule has 0 bridgehead atoms. The third-order valence-electron chi connectivity index (χ3n) is 1.89. The minimum atomic E-state index is -0.813. The van der Waals surface area contributed by atoms with Crippen LogP contribution >= 0.6 is 0 Å². The first-order chi connectivity index (χ1) is 4.30. The van der Waals surface area contributed by atoms with Crippen LogP contribution in [0.1, 0.15) is 32.1 Å². The van der Waals surface area contributed by atoms with Gasteiger partial charge in [0.05, 0.1) is 0 Å². The van der Waals surface area contributed by atoms with E-state index < -0.39 is 12.2 Å². The molecule has 1 aliphatic carbocycles. The zero-order valence-corrected chi connectivity index (χ0v) is 5.51. The van der Waals surface area contributed by atoms with E-state index in [0.29, 0.717) is 12.8 Å². The van der Waals surface area contributed by atoms with E-state index in [4.69, 9.17) is 0 Å². The van der Waals surface area contributed by atoms with E-state index >= 15 is 0 Å². The molecule has 0 heterocycles. The Hall–Kier alpha value is -0.0800. The van der Waals surface area contributed by atoms with Crippen molar-refractivity contribution in [2.75, 3.05) is 0 Å². The Morgan fingerprint density at radius 1 is 0.778 bits per heavy atom. The largest absolute Gasteiger partial charge is 0.230 e. The van der Waals surface area contributed by atoms with Gasteiger partial charge in [-0.3, -0.25) is 0 Å². The molecule has 2 atom stereocenters. The van der Waals surface area contributed by atoms with E-state index in [1.54, 1.807) is 0 Å².